The van der Waals surface area contributed by atoms with E-state index >= 15 is 0 Å². The molecule has 1 atom stereocenters. The number of allylic oxidation sites excluding steroid dienone is 2. The predicted octanol–water partition coefficient (Wildman–Crippen LogP) is 2.59. The van der Waals surface area contributed by atoms with Crippen LogP contribution in [0.5, 0.6) is 0 Å². The molecule has 0 aliphatic carbocycles. The van der Waals surface area contributed by atoms with Crippen molar-refractivity contribution in [3.8, 4) is 0 Å². The first-order valence-corrected chi connectivity index (χ1v) is 5.80. The third-order valence-corrected chi connectivity index (χ3v) is 2.99. The first kappa shape index (κ1) is 10.1. The van der Waals surface area contributed by atoms with Crippen LogP contribution in [-0.2, 0) is 0 Å². The second-order valence-electron chi connectivity index (χ2n) is 4.05. The zero-order chi connectivity index (χ0) is 11.7. The van der Waals surface area contributed by atoms with Crippen LogP contribution < -0.4 is 5.32 Å². The molecule has 1 aromatic carbocycles. The van der Waals surface area contributed by atoms with Crippen LogP contribution in [0.15, 0.2) is 48.4 Å². The highest BCUT2D eigenvalue weighted by molar-refractivity contribution is 5.42. The van der Waals surface area contributed by atoms with Gasteiger partial charge in [-0.3, -0.25) is 0 Å². The van der Waals surface area contributed by atoms with Gasteiger partial charge in [-0.25, -0.2) is 4.68 Å². The summed E-state index contributed by atoms with van der Waals surface area (Å²) in [5.41, 5.74) is 2.42. The van der Waals surface area contributed by atoms with Gasteiger partial charge in [-0.1, -0.05) is 37.3 Å². The van der Waals surface area contributed by atoms with Crippen molar-refractivity contribution < 1.29 is 0 Å². The molecule has 0 spiro atoms. The Morgan fingerprint density at radius 2 is 2.12 bits per heavy atom. The molecule has 4 nitrogen and oxygen atoms in total. The molecule has 0 fully saturated rings. The lowest BCUT2D eigenvalue weighted by atomic mass is 10.0. The monoisotopic (exact) mass is 226 g/mol. The van der Waals surface area contributed by atoms with Gasteiger partial charge in [0.25, 0.3) is 0 Å². The molecule has 1 N–H and O–H groups in total. The fourth-order valence-corrected chi connectivity index (χ4v) is 2.08. The maximum absolute atomic E-state index is 4.28. The van der Waals surface area contributed by atoms with E-state index in [0.29, 0.717) is 0 Å². The third-order valence-electron chi connectivity index (χ3n) is 2.99. The molecule has 0 saturated carbocycles. The minimum absolute atomic E-state index is 0.143. The Morgan fingerprint density at radius 1 is 1.29 bits per heavy atom. The van der Waals surface area contributed by atoms with Crippen LogP contribution in [0.25, 0.3) is 0 Å². The second-order valence-corrected chi connectivity index (χ2v) is 4.05. The van der Waals surface area contributed by atoms with Gasteiger partial charge in [0, 0.05) is 5.70 Å². The van der Waals surface area contributed by atoms with E-state index in [1.807, 2.05) is 22.9 Å². The van der Waals surface area contributed by atoms with E-state index in [2.05, 4.69) is 40.5 Å². The Kier molecular flexibility index (Phi) is 2.40. The number of nitrogens with zero attached hydrogens (tertiary/aromatic N) is 3. The molecule has 0 unspecified atom stereocenters. The molecule has 1 aliphatic heterocycles. The molecule has 17 heavy (non-hydrogen) atoms. The quantitative estimate of drug-likeness (QED) is 0.855. The van der Waals surface area contributed by atoms with E-state index in [4.69, 9.17) is 0 Å². The molecule has 2 aromatic rings. The number of nitrogens with one attached hydrogen (secondary N) is 1. The summed E-state index contributed by atoms with van der Waals surface area (Å²) in [7, 11) is 0. The zero-order valence-corrected chi connectivity index (χ0v) is 9.67. The lowest BCUT2D eigenvalue weighted by molar-refractivity contribution is 0.600. The minimum atomic E-state index is 0.143. The van der Waals surface area contributed by atoms with Crippen LogP contribution >= 0.6 is 0 Å². The van der Waals surface area contributed by atoms with E-state index in [1.54, 1.807) is 6.33 Å². The molecular weight excluding hydrogens is 212 g/mol. The number of hydrogen-bond donors (Lipinski definition) is 1. The van der Waals surface area contributed by atoms with Crippen molar-refractivity contribution in [1.29, 1.82) is 0 Å². The fraction of sp³-hybridized carbons (Fsp3) is 0.231. The number of rotatable bonds is 2. The van der Waals surface area contributed by atoms with Crippen molar-refractivity contribution in [3.63, 3.8) is 0 Å². The van der Waals surface area contributed by atoms with Gasteiger partial charge in [-0.2, -0.15) is 10.1 Å². The highest BCUT2D eigenvalue weighted by Crippen LogP contribution is 2.28. The molecule has 2 heterocycles. The van der Waals surface area contributed by atoms with E-state index in [-0.39, 0.29) is 6.04 Å². The van der Waals surface area contributed by atoms with Gasteiger partial charge in [0.15, 0.2) is 0 Å². The van der Waals surface area contributed by atoms with Crippen LogP contribution in [0.3, 0.4) is 0 Å². The molecule has 0 bridgehead atoms. The fourth-order valence-electron chi connectivity index (χ4n) is 2.08. The number of fused-ring (bicyclic) bond motifs is 1. The van der Waals surface area contributed by atoms with E-state index in [9.17, 15) is 0 Å². The molecule has 0 radical (unpaired) electrons. The largest absolute Gasteiger partial charge is 0.328 e. The highest BCUT2D eigenvalue weighted by Gasteiger charge is 2.21. The average molecular weight is 226 g/mol. The zero-order valence-electron chi connectivity index (χ0n) is 9.67. The topological polar surface area (TPSA) is 42.7 Å². The first-order chi connectivity index (χ1) is 8.38. The Labute approximate surface area is 100.0 Å². The Bertz CT molecular complexity index is 542. The maximum atomic E-state index is 4.28. The lowest BCUT2D eigenvalue weighted by Gasteiger charge is -2.23. The van der Waals surface area contributed by atoms with Gasteiger partial charge in [0.05, 0.1) is 0 Å². The van der Waals surface area contributed by atoms with Crippen LogP contribution in [-0.4, -0.2) is 14.8 Å². The standard InChI is InChI=1S/C13H14N4/c1-2-11-8-12(10-6-4-3-5-7-10)17-13(16-11)14-9-15-17/h3-9,12H,2H2,1H3,(H,14,15,16)/t12-/m0/s1. The lowest BCUT2D eigenvalue weighted by Crippen LogP contribution is -2.20. The smallest absolute Gasteiger partial charge is 0.226 e. The van der Waals surface area contributed by atoms with Crippen LogP contribution in [0.4, 0.5) is 5.95 Å². The minimum Gasteiger partial charge on any atom is -0.328 e. The Balaban J connectivity index is 2.08. The van der Waals surface area contributed by atoms with Crippen LogP contribution in [0.2, 0.25) is 0 Å². The van der Waals surface area contributed by atoms with E-state index < -0.39 is 0 Å². The summed E-state index contributed by atoms with van der Waals surface area (Å²) in [5, 5.41) is 7.56. The van der Waals surface area contributed by atoms with Crippen molar-refractivity contribution in [2.24, 2.45) is 0 Å². The number of hydrogen-bond acceptors (Lipinski definition) is 3. The summed E-state index contributed by atoms with van der Waals surface area (Å²) >= 11 is 0. The molecule has 0 amide bonds. The highest BCUT2D eigenvalue weighted by atomic mass is 15.4. The van der Waals surface area contributed by atoms with Gasteiger partial charge < -0.3 is 5.32 Å². The van der Waals surface area contributed by atoms with Crippen molar-refractivity contribution in [2.45, 2.75) is 19.4 Å². The third kappa shape index (κ3) is 1.71. The summed E-state index contributed by atoms with van der Waals surface area (Å²) in [6.45, 7) is 2.13. The molecule has 0 saturated heterocycles. The number of anilines is 1. The van der Waals surface area contributed by atoms with Gasteiger partial charge in [0.2, 0.25) is 5.95 Å². The van der Waals surface area contributed by atoms with Gasteiger partial charge in [-0.15, -0.1) is 0 Å². The van der Waals surface area contributed by atoms with E-state index in [0.717, 1.165) is 12.4 Å². The Morgan fingerprint density at radius 3 is 2.88 bits per heavy atom. The molecule has 4 heteroatoms. The van der Waals surface area contributed by atoms with Gasteiger partial charge in [0.1, 0.15) is 12.4 Å². The predicted molar refractivity (Wildman–Crippen MR) is 66.6 cm³/mol. The van der Waals surface area contributed by atoms with Crippen molar-refractivity contribution in [3.05, 3.63) is 54.0 Å². The summed E-state index contributed by atoms with van der Waals surface area (Å²) in [6.07, 6.45) is 4.76. The van der Waals surface area contributed by atoms with Gasteiger partial charge >= 0.3 is 0 Å². The summed E-state index contributed by atoms with van der Waals surface area (Å²) < 4.78 is 1.91. The van der Waals surface area contributed by atoms with Crippen LogP contribution in [0.1, 0.15) is 24.9 Å². The average Bonchev–Trinajstić information content (AvgIpc) is 2.86. The summed E-state index contributed by atoms with van der Waals surface area (Å²) in [6, 6.07) is 10.5. The van der Waals surface area contributed by atoms with E-state index in [1.165, 1.54) is 11.3 Å². The summed E-state index contributed by atoms with van der Waals surface area (Å²) in [4.78, 5) is 4.23. The maximum Gasteiger partial charge on any atom is 0.226 e. The van der Waals surface area contributed by atoms with Crippen molar-refractivity contribution in [2.75, 3.05) is 5.32 Å². The summed E-state index contributed by atoms with van der Waals surface area (Å²) in [5.74, 6) is 0.818. The van der Waals surface area contributed by atoms with Gasteiger partial charge in [-0.05, 0) is 18.1 Å². The first-order valence-electron chi connectivity index (χ1n) is 5.80. The SMILES string of the molecule is CCC1=C[C@@H](c2ccccc2)n2ncnc2N1. The molecule has 1 aromatic heterocycles. The normalized spacial score (nSPS) is 18.2. The number of benzene rings is 1. The van der Waals surface area contributed by atoms with Crippen molar-refractivity contribution >= 4 is 5.95 Å². The molecular formula is C13H14N4. The molecule has 1 aliphatic rings. The second kappa shape index (κ2) is 4.05. The Hall–Kier alpha value is -2.10. The van der Waals surface area contributed by atoms with Crippen molar-refractivity contribution in [1.82, 2.24) is 14.8 Å². The number of aromatic nitrogens is 3. The molecule has 3 rings (SSSR count). The molecule has 86 valence electrons. The van der Waals surface area contributed by atoms with Crippen LogP contribution in [0, 0.1) is 0 Å².